The molecule has 7 nitrogen and oxygen atoms in total. The van der Waals surface area contributed by atoms with Gasteiger partial charge >= 0.3 is 0 Å². The number of anilines is 1. The maximum atomic E-state index is 13.5. The highest BCUT2D eigenvalue weighted by Gasteiger charge is 2.53. The van der Waals surface area contributed by atoms with Crippen LogP contribution in [0.1, 0.15) is 45.6 Å². The number of azo groups is 1. The largest absolute Gasteiger partial charge is 0.375 e. The zero-order valence-electron chi connectivity index (χ0n) is 18.9. The van der Waals surface area contributed by atoms with Gasteiger partial charge in [0.2, 0.25) is 0 Å². The van der Waals surface area contributed by atoms with E-state index < -0.39 is 5.41 Å². The highest BCUT2D eigenvalue weighted by atomic mass is 16.5. The minimum absolute atomic E-state index is 0.0113. The van der Waals surface area contributed by atoms with Crippen molar-refractivity contribution < 1.29 is 14.3 Å². The van der Waals surface area contributed by atoms with Crippen molar-refractivity contribution in [2.75, 3.05) is 25.7 Å². The van der Waals surface area contributed by atoms with Crippen LogP contribution in [0.15, 0.2) is 57.5 Å². The third-order valence-electron chi connectivity index (χ3n) is 6.68. The molecule has 0 spiro atoms. The van der Waals surface area contributed by atoms with Crippen molar-refractivity contribution in [2.24, 2.45) is 15.6 Å². The van der Waals surface area contributed by atoms with Crippen LogP contribution in [0.25, 0.3) is 0 Å². The third kappa shape index (κ3) is 3.41. The lowest BCUT2D eigenvalue weighted by Crippen LogP contribution is -2.51. The van der Waals surface area contributed by atoms with Crippen LogP contribution in [-0.4, -0.2) is 38.6 Å². The Bertz CT molecular complexity index is 1020. The van der Waals surface area contributed by atoms with Crippen LogP contribution < -0.4 is 10.2 Å². The maximum absolute atomic E-state index is 13.5. The van der Waals surface area contributed by atoms with Crippen molar-refractivity contribution in [1.82, 2.24) is 5.32 Å². The van der Waals surface area contributed by atoms with Gasteiger partial charge in [-0.3, -0.25) is 9.59 Å². The summed E-state index contributed by atoms with van der Waals surface area (Å²) in [7, 11) is 3.25. The van der Waals surface area contributed by atoms with Crippen LogP contribution in [0.5, 0.6) is 0 Å². The molecule has 1 N–H and O–H groups in total. The van der Waals surface area contributed by atoms with Gasteiger partial charge in [-0.05, 0) is 36.0 Å². The smallest absolute Gasteiger partial charge is 0.252 e. The molecule has 1 aromatic rings. The van der Waals surface area contributed by atoms with E-state index in [0.717, 1.165) is 34.5 Å². The first kappa shape index (κ1) is 21.4. The summed E-state index contributed by atoms with van der Waals surface area (Å²) < 4.78 is 5.01. The Balaban J connectivity index is 1.89. The first-order valence-corrected chi connectivity index (χ1v) is 10.7. The molecule has 0 radical (unpaired) electrons. The Labute approximate surface area is 183 Å². The Morgan fingerprint density at radius 1 is 1.32 bits per heavy atom. The molecule has 164 valence electrons. The molecule has 2 aliphatic heterocycles. The van der Waals surface area contributed by atoms with Crippen molar-refractivity contribution in [3.8, 4) is 0 Å². The van der Waals surface area contributed by atoms with E-state index in [4.69, 9.17) is 4.74 Å². The molecule has 1 amide bonds. The summed E-state index contributed by atoms with van der Waals surface area (Å²) in [5.74, 6) is 0.0370. The van der Waals surface area contributed by atoms with Gasteiger partial charge in [0.25, 0.3) is 5.91 Å². The number of allylic oxidation sites excluding steroid dienone is 2. The number of fused-ring (bicyclic) bond motifs is 1. The molecule has 2 heterocycles. The van der Waals surface area contributed by atoms with Crippen molar-refractivity contribution in [3.63, 3.8) is 0 Å². The number of nitrogens with zero attached hydrogens (tertiary/aromatic N) is 3. The monoisotopic (exact) mass is 422 g/mol. The van der Waals surface area contributed by atoms with Crippen LogP contribution in [0.2, 0.25) is 0 Å². The number of hydrogen-bond donors (Lipinski definition) is 1. The molecule has 31 heavy (non-hydrogen) atoms. The molecule has 1 aromatic carbocycles. The zero-order chi connectivity index (χ0) is 22.4. The molecule has 7 heteroatoms. The highest BCUT2D eigenvalue weighted by molar-refractivity contribution is 6.01. The van der Waals surface area contributed by atoms with Crippen molar-refractivity contribution in [3.05, 3.63) is 52.9 Å². The van der Waals surface area contributed by atoms with Crippen molar-refractivity contribution in [2.45, 2.75) is 51.6 Å². The van der Waals surface area contributed by atoms with E-state index in [1.807, 2.05) is 24.3 Å². The van der Waals surface area contributed by atoms with Crippen molar-refractivity contribution >= 4 is 17.4 Å². The molecular weight excluding hydrogens is 392 g/mol. The minimum Gasteiger partial charge on any atom is -0.375 e. The highest BCUT2D eigenvalue weighted by Crippen LogP contribution is 2.53. The van der Waals surface area contributed by atoms with Gasteiger partial charge in [-0.25, -0.2) is 0 Å². The molecule has 0 saturated heterocycles. The Morgan fingerprint density at radius 3 is 2.81 bits per heavy atom. The van der Waals surface area contributed by atoms with Crippen LogP contribution in [0, 0.1) is 5.41 Å². The molecule has 0 fully saturated rings. The van der Waals surface area contributed by atoms with Gasteiger partial charge in [0.1, 0.15) is 6.61 Å². The van der Waals surface area contributed by atoms with E-state index in [0.29, 0.717) is 12.8 Å². The molecule has 1 aliphatic carbocycles. The fraction of sp³-hybridized carbons (Fsp3) is 0.500. The molecule has 4 rings (SSSR count). The Morgan fingerprint density at radius 2 is 2.10 bits per heavy atom. The number of carbonyl (C=O) groups excluding carboxylic acids is 2. The number of Topliss-reactive ketones (excluding diaryl/α,β-unsaturated/α-hetero) is 1. The quantitative estimate of drug-likeness (QED) is 0.781. The number of likely N-dealkylation sites (N-methyl/N-ethyl adjacent to an activating group) is 1. The lowest BCUT2D eigenvalue weighted by molar-refractivity contribution is -0.122. The van der Waals surface area contributed by atoms with Gasteiger partial charge in [-0.2, -0.15) is 10.2 Å². The molecule has 0 saturated carbocycles. The van der Waals surface area contributed by atoms with Crippen molar-refractivity contribution in [1.29, 1.82) is 0 Å². The van der Waals surface area contributed by atoms with Gasteiger partial charge in [0.15, 0.2) is 11.9 Å². The van der Waals surface area contributed by atoms with Gasteiger partial charge in [-0.15, -0.1) is 0 Å². The van der Waals surface area contributed by atoms with E-state index in [9.17, 15) is 9.59 Å². The Hall–Kier alpha value is -2.80. The number of benzene rings is 1. The topological polar surface area (TPSA) is 83.4 Å². The lowest BCUT2D eigenvalue weighted by atomic mass is 9.59. The molecule has 3 aliphatic rings. The number of amides is 1. The Kier molecular flexibility index (Phi) is 5.33. The molecule has 0 bridgehead atoms. The second-order valence-corrected chi connectivity index (χ2v) is 9.35. The molecular formula is C24H30N4O3. The normalized spacial score (nSPS) is 26.2. The average Bonchev–Trinajstić information content (AvgIpc) is 3.19. The standard InChI is InChI=1S/C24H30N4O3/c1-6-24(15-8-7-9-16(10-15)28(4)20(30)14-31-5)17-13-25-27-22(17)26-18-11-23(2,3)12-19(29)21(18)24/h7-10,13,22,26H,6,11-12,14H2,1-5H3. The van der Waals surface area contributed by atoms with Gasteiger partial charge < -0.3 is 15.0 Å². The number of nitrogens with one attached hydrogen (secondary N) is 1. The zero-order valence-corrected chi connectivity index (χ0v) is 18.9. The molecule has 0 aromatic heterocycles. The summed E-state index contributed by atoms with van der Waals surface area (Å²) in [5.41, 5.74) is 3.81. The van der Waals surface area contributed by atoms with E-state index in [1.165, 1.54) is 7.11 Å². The lowest BCUT2D eigenvalue weighted by Gasteiger charge is -2.48. The molecule has 2 unspecified atom stereocenters. The number of hydrogen-bond acceptors (Lipinski definition) is 6. The number of rotatable bonds is 5. The van der Waals surface area contributed by atoms with E-state index in [-0.39, 0.29) is 29.9 Å². The van der Waals surface area contributed by atoms with E-state index in [2.05, 4.69) is 36.3 Å². The predicted octanol–water partition coefficient (Wildman–Crippen LogP) is 3.87. The van der Waals surface area contributed by atoms with Gasteiger partial charge in [0, 0.05) is 43.1 Å². The van der Waals surface area contributed by atoms with E-state index >= 15 is 0 Å². The van der Waals surface area contributed by atoms with Gasteiger partial charge in [0.05, 0.1) is 11.6 Å². The number of carbonyl (C=O) groups is 2. The second-order valence-electron chi connectivity index (χ2n) is 9.35. The van der Waals surface area contributed by atoms with Gasteiger partial charge in [-0.1, -0.05) is 32.9 Å². The molecule has 2 atom stereocenters. The fourth-order valence-corrected chi connectivity index (χ4v) is 5.23. The number of ketones is 1. The van der Waals surface area contributed by atoms with Crippen LogP contribution in [0.4, 0.5) is 5.69 Å². The summed E-state index contributed by atoms with van der Waals surface area (Å²) in [6.45, 7) is 6.37. The minimum atomic E-state index is -0.622. The first-order chi connectivity index (χ1) is 14.7. The van der Waals surface area contributed by atoms with Crippen LogP contribution >= 0.6 is 0 Å². The second kappa shape index (κ2) is 7.71. The fourth-order valence-electron chi connectivity index (χ4n) is 5.23. The van der Waals surface area contributed by atoms with Crippen LogP contribution in [0.3, 0.4) is 0 Å². The summed E-state index contributed by atoms with van der Waals surface area (Å²) in [4.78, 5) is 27.5. The van der Waals surface area contributed by atoms with Crippen LogP contribution in [-0.2, 0) is 19.7 Å². The number of ether oxygens (including phenoxy) is 1. The maximum Gasteiger partial charge on any atom is 0.252 e. The SMILES string of the molecule is CCC1(c2cccc(N(C)C(=O)COC)c2)C2=CN=NC2NC2=C1C(=O)CC(C)(C)C2. The predicted molar refractivity (Wildman–Crippen MR) is 119 cm³/mol. The summed E-state index contributed by atoms with van der Waals surface area (Å²) in [5, 5.41) is 12.1. The first-order valence-electron chi connectivity index (χ1n) is 10.7. The average molecular weight is 423 g/mol. The summed E-state index contributed by atoms with van der Waals surface area (Å²) in [6.07, 6.45) is 3.53. The summed E-state index contributed by atoms with van der Waals surface area (Å²) >= 11 is 0. The number of methoxy groups -OCH3 is 1. The summed E-state index contributed by atoms with van der Waals surface area (Å²) in [6, 6.07) is 7.89. The van der Waals surface area contributed by atoms with E-state index in [1.54, 1.807) is 18.1 Å². The third-order valence-corrected chi connectivity index (χ3v) is 6.68.